The highest BCUT2D eigenvalue weighted by Crippen LogP contribution is 2.12. The Morgan fingerprint density at radius 2 is 1.87 bits per heavy atom. The van der Waals surface area contributed by atoms with Crippen LogP contribution in [0.4, 0.5) is 0 Å². The molecule has 0 aromatic heterocycles. The average Bonchev–Trinajstić information content (AvgIpc) is 2.81. The van der Waals surface area contributed by atoms with Gasteiger partial charge < -0.3 is 15.5 Å². The Balaban J connectivity index is 2.06. The molecule has 1 atom stereocenters. The van der Waals surface area contributed by atoms with Crippen molar-refractivity contribution >= 4 is 23.4 Å². The summed E-state index contributed by atoms with van der Waals surface area (Å²) in [5.41, 5.74) is 0.505. The molecule has 1 aliphatic rings. The summed E-state index contributed by atoms with van der Waals surface area (Å²) in [5, 5.41) is 6.73. The van der Waals surface area contributed by atoms with E-state index in [9.17, 15) is 9.59 Å². The monoisotopic (exact) mass is 337 g/mol. The van der Waals surface area contributed by atoms with Crippen molar-refractivity contribution in [3.05, 3.63) is 34.9 Å². The fourth-order valence-corrected chi connectivity index (χ4v) is 2.73. The summed E-state index contributed by atoms with van der Waals surface area (Å²) in [6, 6.07) is 6.15. The predicted octanol–water partition coefficient (Wildman–Crippen LogP) is 1.92. The quantitative estimate of drug-likeness (QED) is 0.882. The minimum Gasteiger partial charge on any atom is -0.340 e. The Bertz CT molecular complexity index is 537. The van der Waals surface area contributed by atoms with Crippen LogP contribution >= 0.6 is 11.6 Å². The molecule has 5 nitrogen and oxygen atoms in total. The summed E-state index contributed by atoms with van der Waals surface area (Å²) in [4.78, 5) is 27.0. The highest BCUT2D eigenvalue weighted by molar-refractivity contribution is 6.30. The van der Waals surface area contributed by atoms with Gasteiger partial charge in [0.1, 0.15) is 6.04 Å². The maximum atomic E-state index is 12.8. The zero-order valence-corrected chi connectivity index (χ0v) is 14.4. The number of benzene rings is 1. The number of carbonyl (C=O) groups excluding carboxylic acids is 2. The van der Waals surface area contributed by atoms with Crippen molar-refractivity contribution in [3.63, 3.8) is 0 Å². The SMILES string of the molecule is CC(C)C(NC(=O)c1ccc(Cl)cc1)C(=O)N1CCCNCC1. The zero-order valence-electron chi connectivity index (χ0n) is 13.6. The molecule has 2 amide bonds. The number of amides is 2. The Morgan fingerprint density at radius 1 is 1.17 bits per heavy atom. The minimum absolute atomic E-state index is 0.00832. The molecule has 1 saturated heterocycles. The van der Waals surface area contributed by atoms with Crippen molar-refractivity contribution < 1.29 is 9.59 Å². The van der Waals surface area contributed by atoms with E-state index in [0.717, 1.165) is 26.1 Å². The van der Waals surface area contributed by atoms with Gasteiger partial charge in [0, 0.05) is 30.2 Å². The largest absolute Gasteiger partial charge is 0.340 e. The van der Waals surface area contributed by atoms with Crippen LogP contribution in [0.15, 0.2) is 24.3 Å². The first kappa shape index (κ1) is 17.8. The van der Waals surface area contributed by atoms with Crippen molar-refractivity contribution in [2.45, 2.75) is 26.3 Å². The van der Waals surface area contributed by atoms with E-state index >= 15 is 0 Å². The number of carbonyl (C=O) groups is 2. The molecular formula is C17H24ClN3O2. The van der Waals surface area contributed by atoms with Crippen LogP contribution < -0.4 is 10.6 Å². The van der Waals surface area contributed by atoms with E-state index in [1.807, 2.05) is 18.7 Å². The Labute approximate surface area is 142 Å². The maximum absolute atomic E-state index is 12.8. The van der Waals surface area contributed by atoms with Crippen LogP contribution in [0.2, 0.25) is 5.02 Å². The van der Waals surface area contributed by atoms with E-state index in [1.54, 1.807) is 24.3 Å². The molecule has 1 aliphatic heterocycles. The molecule has 2 N–H and O–H groups in total. The predicted molar refractivity (Wildman–Crippen MR) is 91.6 cm³/mol. The van der Waals surface area contributed by atoms with E-state index < -0.39 is 6.04 Å². The number of hydrogen-bond donors (Lipinski definition) is 2. The third-order valence-electron chi connectivity index (χ3n) is 3.98. The van der Waals surface area contributed by atoms with Crippen LogP contribution in [0.1, 0.15) is 30.6 Å². The van der Waals surface area contributed by atoms with Crippen molar-refractivity contribution in [2.24, 2.45) is 5.92 Å². The van der Waals surface area contributed by atoms with Crippen LogP contribution in [0.25, 0.3) is 0 Å². The molecule has 1 aromatic carbocycles. The van der Waals surface area contributed by atoms with Gasteiger partial charge in [-0.15, -0.1) is 0 Å². The molecule has 1 unspecified atom stereocenters. The molecule has 0 spiro atoms. The molecule has 0 saturated carbocycles. The number of nitrogens with zero attached hydrogens (tertiary/aromatic N) is 1. The number of hydrogen-bond acceptors (Lipinski definition) is 3. The molecule has 1 aromatic rings. The molecule has 0 aliphatic carbocycles. The van der Waals surface area contributed by atoms with E-state index in [0.29, 0.717) is 17.1 Å². The van der Waals surface area contributed by atoms with Gasteiger partial charge in [-0.05, 0) is 43.1 Å². The third kappa shape index (κ3) is 4.94. The summed E-state index contributed by atoms with van der Waals surface area (Å²) in [7, 11) is 0. The van der Waals surface area contributed by atoms with Crippen LogP contribution in [-0.4, -0.2) is 48.9 Å². The molecule has 1 fully saturated rings. The van der Waals surface area contributed by atoms with Crippen LogP contribution in [0.3, 0.4) is 0 Å². The van der Waals surface area contributed by atoms with Crippen LogP contribution in [0, 0.1) is 5.92 Å². The number of nitrogens with one attached hydrogen (secondary N) is 2. The zero-order chi connectivity index (χ0) is 16.8. The van der Waals surface area contributed by atoms with E-state index in [2.05, 4.69) is 10.6 Å². The molecule has 0 bridgehead atoms. The van der Waals surface area contributed by atoms with Crippen LogP contribution in [0.5, 0.6) is 0 Å². The smallest absolute Gasteiger partial charge is 0.251 e. The van der Waals surface area contributed by atoms with Gasteiger partial charge in [-0.2, -0.15) is 0 Å². The first-order chi connectivity index (χ1) is 11.0. The first-order valence-corrected chi connectivity index (χ1v) is 8.43. The van der Waals surface area contributed by atoms with Crippen LogP contribution in [-0.2, 0) is 4.79 Å². The second-order valence-electron chi connectivity index (χ2n) is 6.13. The van der Waals surface area contributed by atoms with Gasteiger partial charge in [0.2, 0.25) is 5.91 Å². The third-order valence-corrected chi connectivity index (χ3v) is 4.23. The Hall–Kier alpha value is -1.59. The summed E-state index contributed by atoms with van der Waals surface area (Å²) < 4.78 is 0. The molecule has 23 heavy (non-hydrogen) atoms. The molecule has 6 heteroatoms. The van der Waals surface area contributed by atoms with Crippen molar-refractivity contribution in [2.75, 3.05) is 26.2 Å². The highest BCUT2D eigenvalue weighted by atomic mass is 35.5. The molecule has 126 valence electrons. The summed E-state index contributed by atoms with van der Waals surface area (Å²) in [5.74, 6) is -0.234. The molecule has 0 radical (unpaired) electrons. The molecule has 2 rings (SSSR count). The minimum atomic E-state index is -0.517. The van der Waals surface area contributed by atoms with Crippen molar-refractivity contribution in [1.29, 1.82) is 0 Å². The normalized spacial score (nSPS) is 16.8. The lowest BCUT2D eigenvalue weighted by Gasteiger charge is -2.28. The second-order valence-corrected chi connectivity index (χ2v) is 6.57. The van der Waals surface area contributed by atoms with Gasteiger partial charge in [0.25, 0.3) is 5.91 Å². The van der Waals surface area contributed by atoms with Gasteiger partial charge in [0.05, 0.1) is 0 Å². The average molecular weight is 338 g/mol. The molecule has 1 heterocycles. The standard InChI is InChI=1S/C17H24ClN3O2/c1-12(2)15(17(23)21-10-3-8-19-9-11-21)20-16(22)13-4-6-14(18)7-5-13/h4-7,12,15,19H,3,8-11H2,1-2H3,(H,20,22). The number of halogens is 1. The fourth-order valence-electron chi connectivity index (χ4n) is 2.60. The number of rotatable bonds is 4. The highest BCUT2D eigenvalue weighted by Gasteiger charge is 2.29. The maximum Gasteiger partial charge on any atom is 0.251 e. The lowest BCUT2D eigenvalue weighted by molar-refractivity contribution is -0.134. The van der Waals surface area contributed by atoms with Crippen molar-refractivity contribution in [3.8, 4) is 0 Å². The first-order valence-electron chi connectivity index (χ1n) is 8.05. The van der Waals surface area contributed by atoms with E-state index in [1.165, 1.54) is 0 Å². The van der Waals surface area contributed by atoms with Gasteiger partial charge in [-0.25, -0.2) is 0 Å². The summed E-state index contributed by atoms with van der Waals surface area (Å²) >= 11 is 5.84. The Kier molecular flexibility index (Phi) is 6.42. The van der Waals surface area contributed by atoms with Gasteiger partial charge in [-0.3, -0.25) is 9.59 Å². The van der Waals surface area contributed by atoms with E-state index in [4.69, 9.17) is 11.6 Å². The van der Waals surface area contributed by atoms with Crippen molar-refractivity contribution in [1.82, 2.24) is 15.5 Å². The molecular weight excluding hydrogens is 314 g/mol. The van der Waals surface area contributed by atoms with Gasteiger partial charge in [0.15, 0.2) is 0 Å². The fraction of sp³-hybridized carbons (Fsp3) is 0.529. The van der Waals surface area contributed by atoms with Gasteiger partial charge >= 0.3 is 0 Å². The summed E-state index contributed by atoms with van der Waals surface area (Å²) in [6.45, 7) is 7.02. The Morgan fingerprint density at radius 3 is 2.52 bits per heavy atom. The van der Waals surface area contributed by atoms with E-state index in [-0.39, 0.29) is 17.7 Å². The van der Waals surface area contributed by atoms with Gasteiger partial charge in [-0.1, -0.05) is 25.4 Å². The second kappa shape index (κ2) is 8.31. The summed E-state index contributed by atoms with van der Waals surface area (Å²) in [6.07, 6.45) is 0.932. The lowest BCUT2D eigenvalue weighted by Crippen LogP contribution is -2.52. The topological polar surface area (TPSA) is 61.4 Å². The lowest BCUT2D eigenvalue weighted by atomic mass is 10.0.